The van der Waals surface area contributed by atoms with E-state index in [0.717, 1.165) is 9.35 Å². The van der Waals surface area contributed by atoms with Crippen LogP contribution < -0.4 is 4.90 Å². The maximum atomic E-state index is 11.1. The maximum absolute atomic E-state index is 11.1. The van der Waals surface area contributed by atoms with Gasteiger partial charge in [0.15, 0.2) is 0 Å². The topological polar surface area (TPSA) is 83.7 Å². The Morgan fingerprint density at radius 3 is 2.71 bits per heavy atom. The molecule has 110 valence electrons. The summed E-state index contributed by atoms with van der Waals surface area (Å²) in [6, 6.07) is 6.07. The summed E-state index contributed by atoms with van der Waals surface area (Å²) in [7, 11) is 1.81. The fraction of sp³-hybridized carbons (Fsp3) is 0.154. The first-order valence-corrected chi connectivity index (χ1v) is 7.51. The molecule has 2 rings (SSSR count). The predicted octanol–water partition coefficient (Wildman–Crippen LogP) is 3.75. The van der Waals surface area contributed by atoms with Gasteiger partial charge in [-0.3, -0.25) is 10.1 Å². The van der Waals surface area contributed by atoms with Crippen LogP contribution in [0.3, 0.4) is 0 Å². The molecule has 21 heavy (non-hydrogen) atoms. The van der Waals surface area contributed by atoms with Gasteiger partial charge < -0.3 is 10.0 Å². The molecular formula is C13H11BrN2O4S. The summed E-state index contributed by atoms with van der Waals surface area (Å²) in [6.45, 7) is 0.590. The quantitative estimate of drug-likeness (QED) is 0.639. The van der Waals surface area contributed by atoms with Crippen molar-refractivity contribution in [2.45, 2.75) is 6.54 Å². The number of carboxylic acids is 1. The van der Waals surface area contributed by atoms with Crippen LogP contribution in [0.15, 0.2) is 34.1 Å². The molecule has 6 nitrogen and oxygen atoms in total. The first-order valence-electron chi connectivity index (χ1n) is 5.84. The van der Waals surface area contributed by atoms with Crippen LogP contribution in [0.4, 0.5) is 11.4 Å². The van der Waals surface area contributed by atoms with E-state index < -0.39 is 16.6 Å². The van der Waals surface area contributed by atoms with Gasteiger partial charge in [0.1, 0.15) is 5.56 Å². The van der Waals surface area contributed by atoms with Gasteiger partial charge in [-0.1, -0.05) is 0 Å². The molecule has 0 bridgehead atoms. The molecule has 8 heteroatoms. The number of halogens is 1. The van der Waals surface area contributed by atoms with Gasteiger partial charge in [0.05, 0.1) is 11.5 Å². The van der Waals surface area contributed by atoms with E-state index in [-0.39, 0.29) is 5.56 Å². The lowest BCUT2D eigenvalue weighted by molar-refractivity contribution is -0.385. The molecule has 0 unspecified atom stereocenters. The zero-order valence-corrected chi connectivity index (χ0v) is 13.3. The molecule has 0 radical (unpaired) electrons. The molecule has 1 N–H and O–H groups in total. The number of aromatic carboxylic acids is 1. The Labute approximate surface area is 132 Å². The van der Waals surface area contributed by atoms with Crippen LogP contribution in [0.25, 0.3) is 0 Å². The van der Waals surface area contributed by atoms with E-state index in [1.807, 2.05) is 16.3 Å². The molecule has 1 aromatic carbocycles. The minimum atomic E-state index is -1.31. The highest BCUT2D eigenvalue weighted by atomic mass is 79.9. The minimum Gasteiger partial charge on any atom is -0.477 e. The highest BCUT2D eigenvalue weighted by molar-refractivity contribution is 9.10. The summed E-state index contributed by atoms with van der Waals surface area (Å²) >= 11 is 4.95. The molecular weight excluding hydrogens is 360 g/mol. The SMILES string of the molecule is CN(Cc1cc(Br)cs1)c1ccc([N+](=O)[O-])c(C(=O)O)c1. The van der Waals surface area contributed by atoms with Gasteiger partial charge in [-0.2, -0.15) is 0 Å². The van der Waals surface area contributed by atoms with E-state index in [0.29, 0.717) is 12.2 Å². The lowest BCUT2D eigenvalue weighted by atomic mass is 10.1. The normalized spacial score (nSPS) is 10.4. The summed E-state index contributed by atoms with van der Waals surface area (Å²) in [5.41, 5.74) is -0.0993. The third-order valence-corrected chi connectivity index (χ3v) is 4.55. The van der Waals surface area contributed by atoms with Crippen molar-refractivity contribution in [3.8, 4) is 0 Å². The summed E-state index contributed by atoms with van der Waals surface area (Å²) in [4.78, 5) is 24.2. The molecule has 2 aromatic rings. The van der Waals surface area contributed by atoms with Crippen LogP contribution in [-0.4, -0.2) is 23.0 Å². The standard InChI is InChI=1S/C13H11BrN2O4S/c1-15(6-10-4-8(14)7-21-10)9-2-3-12(16(19)20)11(5-9)13(17)18/h2-5,7H,6H2,1H3,(H,17,18). The van der Waals surface area contributed by atoms with Crippen LogP contribution in [0, 0.1) is 10.1 Å². The van der Waals surface area contributed by atoms with Crippen molar-refractivity contribution in [2.75, 3.05) is 11.9 Å². The van der Waals surface area contributed by atoms with Gasteiger partial charge in [0.2, 0.25) is 0 Å². The van der Waals surface area contributed by atoms with E-state index in [1.54, 1.807) is 24.5 Å². The van der Waals surface area contributed by atoms with Gasteiger partial charge in [0.25, 0.3) is 5.69 Å². The van der Waals surface area contributed by atoms with Crippen molar-refractivity contribution in [3.05, 3.63) is 54.7 Å². The Hall–Kier alpha value is -1.93. The Morgan fingerprint density at radius 1 is 1.48 bits per heavy atom. The molecule has 1 heterocycles. The second-order valence-corrected chi connectivity index (χ2v) is 6.26. The molecule has 0 fully saturated rings. The first kappa shape index (κ1) is 15.5. The lowest BCUT2D eigenvalue weighted by Crippen LogP contribution is -2.16. The molecule has 0 atom stereocenters. The minimum absolute atomic E-state index is 0.309. The average Bonchev–Trinajstić information content (AvgIpc) is 2.83. The number of anilines is 1. The van der Waals surface area contributed by atoms with Crippen LogP contribution in [0.2, 0.25) is 0 Å². The number of carboxylic acid groups (broad SMARTS) is 1. The fourth-order valence-corrected chi connectivity index (χ4v) is 3.36. The zero-order valence-electron chi connectivity index (χ0n) is 10.9. The van der Waals surface area contributed by atoms with Gasteiger partial charge in [-0.15, -0.1) is 11.3 Å². The summed E-state index contributed by atoms with van der Waals surface area (Å²) in [5, 5.41) is 21.9. The van der Waals surface area contributed by atoms with Crippen molar-refractivity contribution >= 4 is 44.6 Å². The van der Waals surface area contributed by atoms with Crippen molar-refractivity contribution < 1.29 is 14.8 Å². The fourth-order valence-electron chi connectivity index (χ4n) is 1.85. The highest BCUT2D eigenvalue weighted by Crippen LogP contribution is 2.27. The number of carbonyl (C=O) groups is 1. The molecule has 0 aliphatic heterocycles. The number of nitrogens with zero attached hydrogens (tertiary/aromatic N) is 2. The largest absolute Gasteiger partial charge is 0.477 e. The number of nitro groups is 1. The van der Waals surface area contributed by atoms with Crippen molar-refractivity contribution in [1.82, 2.24) is 0 Å². The van der Waals surface area contributed by atoms with E-state index in [4.69, 9.17) is 5.11 Å². The van der Waals surface area contributed by atoms with E-state index in [9.17, 15) is 14.9 Å². The zero-order chi connectivity index (χ0) is 15.6. The average molecular weight is 371 g/mol. The molecule has 0 amide bonds. The Morgan fingerprint density at radius 2 is 2.19 bits per heavy atom. The van der Waals surface area contributed by atoms with Gasteiger partial charge >= 0.3 is 5.97 Å². The molecule has 0 aliphatic carbocycles. The number of benzene rings is 1. The van der Waals surface area contributed by atoms with E-state index >= 15 is 0 Å². The third kappa shape index (κ3) is 3.59. The highest BCUT2D eigenvalue weighted by Gasteiger charge is 2.21. The summed E-state index contributed by atoms with van der Waals surface area (Å²) < 4.78 is 0.992. The number of hydrogen-bond acceptors (Lipinski definition) is 5. The number of rotatable bonds is 5. The summed E-state index contributed by atoms with van der Waals surface area (Å²) in [5.74, 6) is -1.31. The van der Waals surface area contributed by atoms with Gasteiger partial charge in [-0.05, 0) is 34.1 Å². The Bertz CT molecular complexity index is 701. The third-order valence-electron chi connectivity index (χ3n) is 2.86. The predicted molar refractivity (Wildman–Crippen MR) is 84.2 cm³/mol. The number of thiophene rings is 1. The summed E-state index contributed by atoms with van der Waals surface area (Å²) in [6.07, 6.45) is 0. The first-order chi connectivity index (χ1) is 9.88. The maximum Gasteiger partial charge on any atom is 0.342 e. The van der Waals surface area contributed by atoms with Crippen molar-refractivity contribution in [1.29, 1.82) is 0 Å². The van der Waals surface area contributed by atoms with E-state index in [1.165, 1.54) is 12.1 Å². The Balaban J connectivity index is 2.29. The monoisotopic (exact) mass is 370 g/mol. The molecule has 0 saturated heterocycles. The van der Waals surface area contributed by atoms with Crippen molar-refractivity contribution in [2.24, 2.45) is 0 Å². The second kappa shape index (κ2) is 6.23. The van der Waals surface area contributed by atoms with Crippen LogP contribution in [-0.2, 0) is 6.54 Å². The molecule has 0 aliphatic rings. The van der Waals surface area contributed by atoms with Gasteiger partial charge in [-0.25, -0.2) is 4.79 Å². The molecule has 1 aromatic heterocycles. The number of hydrogen-bond donors (Lipinski definition) is 1. The number of nitro benzene ring substituents is 1. The van der Waals surface area contributed by atoms with Crippen LogP contribution >= 0.6 is 27.3 Å². The smallest absolute Gasteiger partial charge is 0.342 e. The van der Waals surface area contributed by atoms with Gasteiger partial charge in [0, 0.05) is 33.5 Å². The lowest BCUT2D eigenvalue weighted by Gasteiger charge is -2.18. The Kier molecular flexibility index (Phi) is 4.59. The van der Waals surface area contributed by atoms with Crippen LogP contribution in [0.1, 0.15) is 15.2 Å². The second-order valence-electron chi connectivity index (χ2n) is 4.35. The van der Waals surface area contributed by atoms with Crippen LogP contribution in [0.5, 0.6) is 0 Å². The van der Waals surface area contributed by atoms with Crippen molar-refractivity contribution in [3.63, 3.8) is 0 Å². The molecule has 0 saturated carbocycles. The van der Waals surface area contributed by atoms with E-state index in [2.05, 4.69) is 15.9 Å². The molecule has 0 spiro atoms.